The number of hydrogen-bond acceptors (Lipinski definition) is 3. The average molecular weight is 284 g/mol. The van der Waals surface area contributed by atoms with Crippen LogP contribution in [0.3, 0.4) is 0 Å². The van der Waals surface area contributed by atoms with Gasteiger partial charge < -0.3 is 10.1 Å². The minimum atomic E-state index is -1.15. The highest BCUT2D eigenvalue weighted by Crippen LogP contribution is 2.40. The third-order valence-electron chi connectivity index (χ3n) is 5.22. The molecule has 3 heterocycles. The van der Waals surface area contributed by atoms with Crippen LogP contribution in [0.4, 0.5) is 0 Å². The van der Waals surface area contributed by atoms with Gasteiger partial charge in [-0.05, 0) is 24.5 Å². The van der Waals surface area contributed by atoms with Crippen LogP contribution in [0.25, 0.3) is 10.9 Å². The van der Waals surface area contributed by atoms with Crippen LogP contribution in [0, 0.1) is 0 Å². The fourth-order valence-electron chi connectivity index (χ4n) is 3.89. The molecule has 4 nitrogen and oxygen atoms in total. The number of nitrogens with one attached hydrogen (secondary N) is 1. The number of piperidine rings is 1. The van der Waals surface area contributed by atoms with Crippen molar-refractivity contribution in [2.24, 2.45) is 0 Å². The Morgan fingerprint density at radius 1 is 1.43 bits per heavy atom. The van der Waals surface area contributed by atoms with Gasteiger partial charge in [-0.1, -0.05) is 25.1 Å². The number of hydrogen-bond donors (Lipinski definition) is 2. The number of ketones is 1. The smallest absolute Gasteiger partial charge is 0.167 e. The van der Waals surface area contributed by atoms with Crippen molar-refractivity contribution in [3.8, 4) is 0 Å². The van der Waals surface area contributed by atoms with Crippen LogP contribution in [-0.2, 0) is 11.2 Å². The number of benzene rings is 1. The summed E-state index contributed by atoms with van der Waals surface area (Å²) in [6.07, 6.45) is 1.88. The summed E-state index contributed by atoms with van der Waals surface area (Å²) < 4.78 is 0. The molecule has 2 aromatic rings. The zero-order valence-corrected chi connectivity index (χ0v) is 12.2. The van der Waals surface area contributed by atoms with E-state index in [-0.39, 0.29) is 11.8 Å². The van der Waals surface area contributed by atoms with Gasteiger partial charge >= 0.3 is 0 Å². The Morgan fingerprint density at radius 2 is 2.24 bits per heavy atom. The van der Waals surface area contributed by atoms with Gasteiger partial charge in [0.15, 0.2) is 5.78 Å². The van der Waals surface area contributed by atoms with Crippen LogP contribution in [0.15, 0.2) is 24.3 Å². The van der Waals surface area contributed by atoms with E-state index >= 15 is 0 Å². The van der Waals surface area contributed by atoms with E-state index in [1.807, 2.05) is 13.0 Å². The number of aromatic amines is 1. The molecular formula is C17H20N2O2. The molecule has 110 valence electrons. The summed E-state index contributed by atoms with van der Waals surface area (Å²) in [5.41, 5.74) is 2.52. The van der Waals surface area contributed by atoms with Gasteiger partial charge in [-0.15, -0.1) is 0 Å². The molecular weight excluding hydrogens is 264 g/mol. The molecule has 0 unspecified atom stereocenters. The fourth-order valence-corrected chi connectivity index (χ4v) is 3.89. The molecule has 4 heteroatoms. The second-order valence-electron chi connectivity index (χ2n) is 6.31. The number of fused-ring (bicyclic) bond motifs is 5. The minimum absolute atomic E-state index is 0.0160. The van der Waals surface area contributed by atoms with Crippen molar-refractivity contribution >= 4 is 16.7 Å². The first-order valence-corrected chi connectivity index (χ1v) is 7.71. The molecule has 2 N–H and O–H groups in total. The van der Waals surface area contributed by atoms with E-state index in [0.29, 0.717) is 19.4 Å². The van der Waals surface area contributed by atoms with E-state index in [1.165, 1.54) is 16.6 Å². The Hall–Kier alpha value is -1.65. The van der Waals surface area contributed by atoms with Crippen molar-refractivity contribution in [3.63, 3.8) is 0 Å². The molecule has 0 radical (unpaired) electrons. The number of rotatable bonds is 1. The molecule has 1 aromatic heterocycles. The molecule has 0 saturated carbocycles. The molecule has 2 atom stereocenters. The average Bonchev–Trinajstić information content (AvgIpc) is 2.87. The van der Waals surface area contributed by atoms with Crippen molar-refractivity contribution in [1.29, 1.82) is 0 Å². The van der Waals surface area contributed by atoms with Gasteiger partial charge in [-0.2, -0.15) is 0 Å². The first-order chi connectivity index (χ1) is 10.1. The maximum absolute atomic E-state index is 12.3. The topological polar surface area (TPSA) is 56.3 Å². The lowest BCUT2D eigenvalue weighted by atomic mass is 9.81. The second kappa shape index (κ2) is 4.42. The zero-order valence-electron chi connectivity index (χ0n) is 12.2. The number of nitrogens with zero attached hydrogens (tertiary/aromatic N) is 1. The van der Waals surface area contributed by atoms with Gasteiger partial charge in [-0.25, -0.2) is 0 Å². The molecule has 1 aromatic carbocycles. The highest BCUT2D eigenvalue weighted by Gasteiger charge is 2.46. The van der Waals surface area contributed by atoms with E-state index < -0.39 is 5.60 Å². The first kappa shape index (κ1) is 13.0. The molecule has 2 aliphatic heterocycles. The summed E-state index contributed by atoms with van der Waals surface area (Å²) in [4.78, 5) is 18.1. The monoisotopic (exact) mass is 284 g/mol. The molecule has 4 rings (SSSR count). The van der Waals surface area contributed by atoms with Gasteiger partial charge in [0.1, 0.15) is 5.60 Å². The van der Waals surface area contributed by atoms with Crippen LogP contribution in [-0.4, -0.2) is 39.5 Å². The molecule has 0 spiro atoms. The van der Waals surface area contributed by atoms with Gasteiger partial charge in [0.05, 0.1) is 6.04 Å². The number of aromatic nitrogens is 1. The first-order valence-electron chi connectivity index (χ1n) is 7.71. The fraction of sp³-hybridized carbons (Fsp3) is 0.471. The van der Waals surface area contributed by atoms with E-state index in [0.717, 1.165) is 18.5 Å². The van der Waals surface area contributed by atoms with Crippen LogP contribution in [0.2, 0.25) is 0 Å². The summed E-state index contributed by atoms with van der Waals surface area (Å²) in [6.45, 7) is 3.26. The lowest BCUT2D eigenvalue weighted by molar-refractivity contribution is -0.149. The maximum Gasteiger partial charge on any atom is 0.167 e. The van der Waals surface area contributed by atoms with Crippen LogP contribution in [0.1, 0.15) is 37.1 Å². The SMILES string of the molecule is CC[C@]1(O)CN2CCc3c([nH]c4ccccc34)[C@H]2CC1=O. The maximum atomic E-state index is 12.3. The molecule has 21 heavy (non-hydrogen) atoms. The number of H-pyrrole nitrogens is 1. The predicted molar refractivity (Wildman–Crippen MR) is 81.2 cm³/mol. The van der Waals surface area contributed by atoms with Crippen molar-refractivity contribution in [3.05, 3.63) is 35.5 Å². The Kier molecular flexibility index (Phi) is 2.75. The zero-order chi connectivity index (χ0) is 14.6. The largest absolute Gasteiger partial charge is 0.381 e. The quantitative estimate of drug-likeness (QED) is 0.844. The van der Waals surface area contributed by atoms with Crippen molar-refractivity contribution < 1.29 is 9.90 Å². The Bertz CT molecular complexity index is 721. The van der Waals surface area contributed by atoms with Crippen molar-refractivity contribution in [1.82, 2.24) is 9.88 Å². The number of Topliss-reactive ketones (excluding diaryl/α,β-unsaturated/α-hetero) is 1. The summed E-state index contributed by atoms with van der Waals surface area (Å²) in [7, 11) is 0. The summed E-state index contributed by atoms with van der Waals surface area (Å²) in [6, 6.07) is 8.42. The van der Waals surface area contributed by atoms with E-state index in [9.17, 15) is 9.90 Å². The van der Waals surface area contributed by atoms with E-state index in [2.05, 4.69) is 28.1 Å². The number of aliphatic hydroxyl groups is 1. The highest BCUT2D eigenvalue weighted by atomic mass is 16.3. The van der Waals surface area contributed by atoms with Gasteiger partial charge in [-0.3, -0.25) is 9.69 Å². The summed E-state index contributed by atoms with van der Waals surface area (Å²) in [5, 5.41) is 11.7. The molecule has 1 fully saturated rings. The number of para-hydroxylation sites is 1. The lowest BCUT2D eigenvalue weighted by Gasteiger charge is -2.45. The van der Waals surface area contributed by atoms with Gasteiger partial charge in [0, 0.05) is 36.1 Å². The molecule has 0 aliphatic carbocycles. The third kappa shape index (κ3) is 1.79. The lowest BCUT2D eigenvalue weighted by Crippen LogP contribution is -2.56. The van der Waals surface area contributed by atoms with Crippen LogP contribution >= 0.6 is 0 Å². The van der Waals surface area contributed by atoms with E-state index in [1.54, 1.807) is 0 Å². The number of carbonyl (C=O) groups excluding carboxylic acids is 1. The summed E-state index contributed by atoms with van der Waals surface area (Å²) >= 11 is 0. The predicted octanol–water partition coefficient (Wildman–Crippen LogP) is 2.18. The standard InChI is InChI=1S/C17H20N2O2/c1-2-17(21)10-19-8-7-12-11-5-3-4-6-13(11)18-16(12)14(19)9-15(17)20/h3-6,14,18,21H,2,7-10H2,1H3/t14-,17+/m1/s1. The molecule has 1 saturated heterocycles. The van der Waals surface area contributed by atoms with Crippen molar-refractivity contribution in [2.45, 2.75) is 37.8 Å². The van der Waals surface area contributed by atoms with Crippen LogP contribution < -0.4 is 0 Å². The second-order valence-corrected chi connectivity index (χ2v) is 6.31. The minimum Gasteiger partial charge on any atom is -0.381 e. The molecule has 0 bridgehead atoms. The number of carbonyl (C=O) groups is 1. The van der Waals surface area contributed by atoms with Gasteiger partial charge in [0.2, 0.25) is 0 Å². The molecule has 2 aliphatic rings. The normalized spacial score (nSPS) is 29.4. The van der Waals surface area contributed by atoms with E-state index in [4.69, 9.17) is 0 Å². The summed E-state index contributed by atoms with van der Waals surface area (Å²) in [5.74, 6) is -0.0160. The van der Waals surface area contributed by atoms with Crippen molar-refractivity contribution in [2.75, 3.05) is 13.1 Å². The highest BCUT2D eigenvalue weighted by molar-refractivity contribution is 5.90. The molecule has 0 amide bonds. The van der Waals surface area contributed by atoms with Crippen LogP contribution in [0.5, 0.6) is 0 Å². The van der Waals surface area contributed by atoms with Gasteiger partial charge in [0.25, 0.3) is 0 Å². The third-order valence-corrected chi connectivity index (χ3v) is 5.22. The Morgan fingerprint density at radius 3 is 3.05 bits per heavy atom. The Labute approximate surface area is 123 Å². The Balaban J connectivity index is 1.78.